The topological polar surface area (TPSA) is 55.8 Å². The van der Waals surface area contributed by atoms with Crippen molar-refractivity contribution in [2.24, 2.45) is 5.41 Å². The second kappa shape index (κ2) is 6.06. The monoisotopic (exact) mass is 266 g/mol. The molecule has 19 heavy (non-hydrogen) atoms. The summed E-state index contributed by atoms with van der Waals surface area (Å²) in [6, 6.07) is 5.61. The van der Waals surface area contributed by atoms with Gasteiger partial charge in [0.1, 0.15) is 12.4 Å². The van der Waals surface area contributed by atoms with E-state index in [2.05, 4.69) is 0 Å². The maximum atomic E-state index is 11.6. The highest BCUT2D eigenvalue weighted by atomic mass is 16.5. The van der Waals surface area contributed by atoms with Gasteiger partial charge in [0.2, 0.25) is 0 Å². The number of rotatable bonds is 5. The SMILES string of the molecule is COC(=O)C(C)(C)COc1cc(C)ccc1C(C)O. The quantitative estimate of drug-likeness (QED) is 0.832. The number of aliphatic hydroxyl groups excluding tert-OH is 1. The van der Waals surface area contributed by atoms with Gasteiger partial charge in [0.15, 0.2) is 0 Å². The highest BCUT2D eigenvalue weighted by Gasteiger charge is 2.30. The Balaban J connectivity index is 2.88. The summed E-state index contributed by atoms with van der Waals surface area (Å²) in [7, 11) is 1.36. The first-order valence-corrected chi connectivity index (χ1v) is 6.28. The van der Waals surface area contributed by atoms with Crippen molar-refractivity contribution in [1.29, 1.82) is 0 Å². The molecule has 0 amide bonds. The maximum Gasteiger partial charge on any atom is 0.314 e. The Labute approximate surface area is 114 Å². The fourth-order valence-electron chi connectivity index (χ4n) is 1.71. The summed E-state index contributed by atoms with van der Waals surface area (Å²) >= 11 is 0. The minimum Gasteiger partial charge on any atom is -0.492 e. The van der Waals surface area contributed by atoms with Crippen LogP contribution >= 0.6 is 0 Å². The number of esters is 1. The fraction of sp³-hybridized carbons (Fsp3) is 0.533. The van der Waals surface area contributed by atoms with Crippen LogP contribution in [-0.2, 0) is 9.53 Å². The van der Waals surface area contributed by atoms with Gasteiger partial charge in [-0.15, -0.1) is 0 Å². The lowest BCUT2D eigenvalue weighted by molar-refractivity contribution is -0.152. The molecule has 0 aliphatic carbocycles. The van der Waals surface area contributed by atoms with Gasteiger partial charge in [-0.05, 0) is 39.3 Å². The number of methoxy groups -OCH3 is 1. The van der Waals surface area contributed by atoms with Crippen LogP contribution in [0.1, 0.15) is 38.0 Å². The van der Waals surface area contributed by atoms with Crippen LogP contribution in [0.4, 0.5) is 0 Å². The molecule has 4 nitrogen and oxygen atoms in total. The summed E-state index contributed by atoms with van der Waals surface area (Å²) in [5, 5.41) is 9.71. The highest BCUT2D eigenvalue weighted by Crippen LogP contribution is 2.28. The van der Waals surface area contributed by atoms with E-state index in [4.69, 9.17) is 9.47 Å². The summed E-state index contributed by atoms with van der Waals surface area (Å²) in [5.74, 6) is 0.283. The molecule has 1 rings (SSSR count). The van der Waals surface area contributed by atoms with E-state index in [0.717, 1.165) is 5.56 Å². The van der Waals surface area contributed by atoms with Gasteiger partial charge < -0.3 is 14.6 Å². The van der Waals surface area contributed by atoms with E-state index >= 15 is 0 Å². The Morgan fingerprint density at radius 3 is 2.58 bits per heavy atom. The molecule has 0 spiro atoms. The molecule has 0 fully saturated rings. The molecule has 1 atom stereocenters. The van der Waals surface area contributed by atoms with E-state index in [1.165, 1.54) is 7.11 Å². The van der Waals surface area contributed by atoms with E-state index < -0.39 is 11.5 Å². The first kappa shape index (κ1) is 15.5. The van der Waals surface area contributed by atoms with Crippen molar-refractivity contribution < 1.29 is 19.4 Å². The molecular weight excluding hydrogens is 244 g/mol. The Morgan fingerprint density at radius 2 is 2.05 bits per heavy atom. The molecule has 0 aliphatic heterocycles. The molecule has 1 aromatic carbocycles. The Morgan fingerprint density at radius 1 is 1.42 bits per heavy atom. The van der Waals surface area contributed by atoms with Crippen LogP contribution in [0.25, 0.3) is 0 Å². The summed E-state index contributed by atoms with van der Waals surface area (Å²) in [4.78, 5) is 11.6. The van der Waals surface area contributed by atoms with Gasteiger partial charge in [-0.2, -0.15) is 0 Å². The number of carbonyl (C=O) groups is 1. The number of aryl methyl sites for hydroxylation is 1. The van der Waals surface area contributed by atoms with Crippen molar-refractivity contribution in [3.8, 4) is 5.75 Å². The van der Waals surface area contributed by atoms with Crippen LogP contribution in [0.15, 0.2) is 18.2 Å². The molecule has 1 unspecified atom stereocenters. The largest absolute Gasteiger partial charge is 0.492 e. The van der Waals surface area contributed by atoms with E-state index in [0.29, 0.717) is 11.3 Å². The van der Waals surface area contributed by atoms with Crippen LogP contribution in [0, 0.1) is 12.3 Å². The van der Waals surface area contributed by atoms with Crippen molar-refractivity contribution in [2.45, 2.75) is 33.8 Å². The number of carbonyl (C=O) groups excluding carboxylic acids is 1. The van der Waals surface area contributed by atoms with Gasteiger partial charge in [-0.1, -0.05) is 12.1 Å². The van der Waals surface area contributed by atoms with Crippen LogP contribution in [0.2, 0.25) is 0 Å². The Hall–Kier alpha value is -1.55. The third kappa shape index (κ3) is 3.96. The van der Waals surface area contributed by atoms with Crippen molar-refractivity contribution in [3.63, 3.8) is 0 Å². The van der Waals surface area contributed by atoms with Crippen LogP contribution in [-0.4, -0.2) is 24.8 Å². The zero-order valence-corrected chi connectivity index (χ0v) is 12.2. The second-order valence-electron chi connectivity index (χ2n) is 5.38. The first-order chi connectivity index (χ1) is 8.77. The van der Waals surface area contributed by atoms with E-state index in [9.17, 15) is 9.90 Å². The van der Waals surface area contributed by atoms with Crippen molar-refractivity contribution in [2.75, 3.05) is 13.7 Å². The zero-order valence-electron chi connectivity index (χ0n) is 12.2. The van der Waals surface area contributed by atoms with E-state index in [-0.39, 0.29) is 12.6 Å². The molecule has 0 heterocycles. The summed E-state index contributed by atoms with van der Waals surface area (Å²) in [6.45, 7) is 7.35. The van der Waals surface area contributed by atoms with Crippen molar-refractivity contribution in [1.82, 2.24) is 0 Å². The lowest BCUT2D eigenvalue weighted by atomic mass is 9.95. The average Bonchev–Trinajstić information content (AvgIpc) is 2.35. The Bertz CT molecular complexity index is 449. The summed E-state index contributed by atoms with van der Waals surface area (Å²) < 4.78 is 10.4. The van der Waals surface area contributed by atoms with Gasteiger partial charge >= 0.3 is 5.97 Å². The molecular formula is C15H22O4. The molecule has 0 bridgehead atoms. The third-order valence-electron chi connectivity index (χ3n) is 2.95. The first-order valence-electron chi connectivity index (χ1n) is 6.28. The van der Waals surface area contributed by atoms with Crippen LogP contribution in [0.5, 0.6) is 5.75 Å². The smallest absolute Gasteiger partial charge is 0.314 e. The van der Waals surface area contributed by atoms with Crippen LogP contribution < -0.4 is 4.74 Å². The molecule has 106 valence electrons. The van der Waals surface area contributed by atoms with Gasteiger partial charge in [0.25, 0.3) is 0 Å². The molecule has 1 aromatic rings. The molecule has 0 aliphatic rings. The molecule has 1 N–H and O–H groups in total. The number of benzene rings is 1. The normalized spacial score (nSPS) is 12.9. The zero-order chi connectivity index (χ0) is 14.6. The van der Waals surface area contributed by atoms with Crippen molar-refractivity contribution >= 4 is 5.97 Å². The second-order valence-corrected chi connectivity index (χ2v) is 5.38. The summed E-state index contributed by atoms with van der Waals surface area (Å²) in [5.41, 5.74) is 1.02. The molecule has 0 aromatic heterocycles. The lowest BCUT2D eigenvalue weighted by Gasteiger charge is -2.23. The minimum absolute atomic E-state index is 0.197. The van der Waals surface area contributed by atoms with Gasteiger partial charge in [-0.25, -0.2) is 0 Å². The van der Waals surface area contributed by atoms with E-state index in [1.807, 2.05) is 25.1 Å². The van der Waals surface area contributed by atoms with Gasteiger partial charge in [-0.3, -0.25) is 4.79 Å². The molecule has 0 saturated heterocycles. The number of aliphatic hydroxyl groups is 1. The minimum atomic E-state index is -0.728. The molecule has 0 saturated carbocycles. The molecule has 0 radical (unpaired) electrons. The third-order valence-corrected chi connectivity index (χ3v) is 2.95. The highest BCUT2D eigenvalue weighted by molar-refractivity contribution is 5.75. The summed E-state index contributed by atoms with van der Waals surface area (Å²) in [6.07, 6.45) is -0.614. The van der Waals surface area contributed by atoms with Crippen LogP contribution in [0.3, 0.4) is 0 Å². The predicted octanol–water partition coefficient (Wildman–Crippen LogP) is 2.63. The number of hydrogen-bond donors (Lipinski definition) is 1. The van der Waals surface area contributed by atoms with E-state index in [1.54, 1.807) is 20.8 Å². The number of ether oxygens (including phenoxy) is 2. The number of hydrogen-bond acceptors (Lipinski definition) is 4. The molecule has 4 heteroatoms. The average molecular weight is 266 g/mol. The van der Waals surface area contributed by atoms with Gasteiger partial charge in [0.05, 0.1) is 18.6 Å². The predicted molar refractivity (Wildman–Crippen MR) is 73.1 cm³/mol. The maximum absolute atomic E-state index is 11.6. The fourth-order valence-corrected chi connectivity index (χ4v) is 1.71. The van der Waals surface area contributed by atoms with Crippen molar-refractivity contribution in [3.05, 3.63) is 29.3 Å². The standard InChI is InChI=1S/C15H22O4/c1-10-6-7-12(11(2)16)13(8-10)19-9-15(3,4)14(17)18-5/h6-8,11,16H,9H2,1-5H3. The lowest BCUT2D eigenvalue weighted by Crippen LogP contribution is -2.32. The Kier molecular flexibility index (Phi) is 4.95. The van der Waals surface area contributed by atoms with Gasteiger partial charge in [0, 0.05) is 5.56 Å².